The van der Waals surface area contributed by atoms with Gasteiger partial charge in [-0.1, -0.05) is 69.3 Å². The average molecular weight is 423 g/mol. The average Bonchev–Trinajstić information content (AvgIpc) is 3.12. The zero-order valence-electron chi connectivity index (χ0n) is 19.2. The molecular weight excluding hydrogens is 388 g/mol. The molecule has 2 aromatic carbocycles. The lowest BCUT2D eigenvalue weighted by molar-refractivity contribution is 0.201. The Morgan fingerprint density at radius 2 is 1.70 bits per heavy atom. The molecule has 3 rings (SSSR count). The number of imidazole rings is 1. The van der Waals surface area contributed by atoms with E-state index in [9.17, 15) is 5.11 Å². The lowest BCUT2D eigenvalue weighted by Crippen LogP contribution is -2.41. The Hall–Kier alpha value is -2.21. The number of aryl methyl sites for hydroxylation is 1. The summed E-state index contributed by atoms with van der Waals surface area (Å²) in [5.74, 6) is 0. The molecule has 0 bridgehead atoms. The monoisotopic (exact) mass is 422 g/mol. The van der Waals surface area contributed by atoms with Crippen molar-refractivity contribution in [2.75, 3.05) is 0 Å². The van der Waals surface area contributed by atoms with Crippen LogP contribution in [-0.2, 0) is 11.5 Å². The van der Waals surface area contributed by atoms with Gasteiger partial charge in [-0.3, -0.25) is 0 Å². The molecule has 5 heteroatoms. The van der Waals surface area contributed by atoms with Crippen molar-refractivity contribution in [2.24, 2.45) is 7.05 Å². The van der Waals surface area contributed by atoms with Crippen molar-refractivity contribution in [3.63, 3.8) is 0 Å². The minimum absolute atomic E-state index is 0.0240. The highest BCUT2D eigenvalue weighted by atomic mass is 28.4. The summed E-state index contributed by atoms with van der Waals surface area (Å²) < 4.78 is 8.48. The molecule has 1 heterocycles. The first-order valence-electron chi connectivity index (χ1n) is 10.5. The van der Waals surface area contributed by atoms with Crippen LogP contribution in [0.1, 0.15) is 56.6 Å². The van der Waals surface area contributed by atoms with Gasteiger partial charge in [-0.2, -0.15) is 0 Å². The molecule has 1 aromatic heterocycles. The second-order valence-corrected chi connectivity index (χ2v) is 14.4. The minimum atomic E-state index is -1.88. The van der Waals surface area contributed by atoms with Crippen LogP contribution >= 0.6 is 0 Å². The van der Waals surface area contributed by atoms with Gasteiger partial charge in [-0.25, -0.2) is 4.98 Å². The standard InChI is InChI=1S/C25H34N2O2Si/c1-18(29-30(6,7)25(2,3)4)19-11-10-12-20(15-19)24(28)22-14-9-8-13-21(22)23-16-27(5)17-26-23/h8-18,24,28H,1-7H3. The Kier molecular flexibility index (Phi) is 6.36. The smallest absolute Gasteiger partial charge is 0.192 e. The van der Waals surface area contributed by atoms with E-state index >= 15 is 0 Å². The van der Waals surface area contributed by atoms with Gasteiger partial charge in [-0.05, 0) is 41.7 Å². The van der Waals surface area contributed by atoms with Crippen molar-refractivity contribution < 1.29 is 9.53 Å². The van der Waals surface area contributed by atoms with E-state index in [1.165, 1.54) is 0 Å². The minimum Gasteiger partial charge on any atom is -0.410 e. The molecule has 0 saturated heterocycles. The number of aliphatic hydroxyl groups excluding tert-OH is 1. The van der Waals surface area contributed by atoms with Gasteiger partial charge in [-0.15, -0.1) is 0 Å². The van der Waals surface area contributed by atoms with Gasteiger partial charge >= 0.3 is 0 Å². The maximum atomic E-state index is 11.2. The fourth-order valence-corrected chi connectivity index (χ4v) is 4.74. The highest BCUT2D eigenvalue weighted by Gasteiger charge is 2.38. The third-order valence-electron chi connectivity index (χ3n) is 6.21. The molecule has 160 valence electrons. The van der Waals surface area contributed by atoms with E-state index in [0.29, 0.717) is 0 Å². The van der Waals surface area contributed by atoms with Crippen molar-refractivity contribution in [1.29, 1.82) is 0 Å². The van der Waals surface area contributed by atoms with Crippen LogP contribution < -0.4 is 0 Å². The first kappa shape index (κ1) is 22.5. The summed E-state index contributed by atoms with van der Waals surface area (Å²) in [6, 6.07) is 16.0. The Labute approximate surface area is 181 Å². The van der Waals surface area contributed by atoms with Crippen LogP contribution in [0.5, 0.6) is 0 Å². The number of benzene rings is 2. The molecule has 3 aromatic rings. The summed E-state index contributed by atoms with van der Waals surface area (Å²) in [7, 11) is 0.0641. The molecule has 1 N–H and O–H groups in total. The number of hydrogen-bond donors (Lipinski definition) is 1. The van der Waals surface area contributed by atoms with E-state index in [4.69, 9.17) is 4.43 Å². The molecular formula is C25H34N2O2Si. The van der Waals surface area contributed by atoms with Crippen molar-refractivity contribution in [3.8, 4) is 11.3 Å². The van der Waals surface area contributed by atoms with E-state index < -0.39 is 14.4 Å². The zero-order valence-corrected chi connectivity index (χ0v) is 20.2. The molecule has 0 aliphatic heterocycles. The summed E-state index contributed by atoms with van der Waals surface area (Å²) in [6.45, 7) is 13.4. The van der Waals surface area contributed by atoms with Gasteiger partial charge < -0.3 is 14.1 Å². The van der Waals surface area contributed by atoms with Crippen LogP contribution in [0.4, 0.5) is 0 Å². The number of nitrogens with zero attached hydrogens (tertiary/aromatic N) is 2. The highest BCUT2D eigenvalue weighted by Crippen LogP contribution is 2.40. The van der Waals surface area contributed by atoms with E-state index in [2.05, 4.69) is 57.9 Å². The van der Waals surface area contributed by atoms with Crippen molar-refractivity contribution in [3.05, 3.63) is 77.7 Å². The lowest BCUT2D eigenvalue weighted by atomic mass is 9.94. The van der Waals surface area contributed by atoms with E-state index in [0.717, 1.165) is 27.9 Å². The number of rotatable bonds is 6. The number of hydrogen-bond acceptors (Lipinski definition) is 3. The number of aliphatic hydroxyl groups is 1. The molecule has 0 spiro atoms. The van der Waals surface area contributed by atoms with E-state index in [1.807, 2.05) is 54.2 Å². The Morgan fingerprint density at radius 1 is 1.03 bits per heavy atom. The molecule has 2 unspecified atom stereocenters. The first-order chi connectivity index (χ1) is 14.0. The van der Waals surface area contributed by atoms with Crippen LogP contribution in [-0.4, -0.2) is 23.0 Å². The summed E-state index contributed by atoms with van der Waals surface area (Å²) in [5, 5.41) is 11.4. The van der Waals surface area contributed by atoms with Gasteiger partial charge in [0, 0.05) is 18.8 Å². The van der Waals surface area contributed by atoms with Crippen LogP contribution in [0, 0.1) is 0 Å². The fourth-order valence-electron chi connectivity index (χ4n) is 3.37. The van der Waals surface area contributed by atoms with Gasteiger partial charge in [0.25, 0.3) is 0 Å². The van der Waals surface area contributed by atoms with Crippen LogP contribution in [0.15, 0.2) is 61.1 Å². The SMILES string of the molecule is CC(O[Si](C)(C)C(C)(C)C)c1cccc(C(O)c2ccccc2-c2cn(C)cn2)c1. The maximum Gasteiger partial charge on any atom is 0.192 e. The summed E-state index contributed by atoms with van der Waals surface area (Å²) in [4.78, 5) is 4.47. The molecule has 0 saturated carbocycles. The van der Waals surface area contributed by atoms with Crippen LogP contribution in [0.3, 0.4) is 0 Å². The molecule has 0 amide bonds. The Morgan fingerprint density at radius 3 is 2.33 bits per heavy atom. The summed E-state index contributed by atoms with van der Waals surface area (Å²) >= 11 is 0. The third kappa shape index (κ3) is 4.74. The van der Waals surface area contributed by atoms with Crippen LogP contribution in [0.2, 0.25) is 18.1 Å². The second-order valence-electron chi connectivity index (χ2n) is 9.60. The zero-order chi connectivity index (χ0) is 22.1. The molecule has 0 fully saturated rings. The van der Waals surface area contributed by atoms with Crippen molar-refractivity contribution >= 4 is 8.32 Å². The third-order valence-corrected chi connectivity index (χ3v) is 10.8. The predicted molar refractivity (Wildman–Crippen MR) is 126 cm³/mol. The summed E-state index contributed by atoms with van der Waals surface area (Å²) in [5.41, 5.74) is 4.61. The van der Waals surface area contributed by atoms with Gasteiger partial charge in [0.15, 0.2) is 8.32 Å². The topological polar surface area (TPSA) is 47.3 Å². The first-order valence-corrected chi connectivity index (χ1v) is 13.4. The van der Waals surface area contributed by atoms with Crippen molar-refractivity contribution in [1.82, 2.24) is 9.55 Å². The van der Waals surface area contributed by atoms with Gasteiger partial charge in [0.1, 0.15) is 6.10 Å². The van der Waals surface area contributed by atoms with E-state index in [1.54, 1.807) is 6.33 Å². The summed E-state index contributed by atoms with van der Waals surface area (Å²) in [6.07, 6.45) is 2.99. The molecule has 0 aliphatic rings. The van der Waals surface area contributed by atoms with Crippen LogP contribution in [0.25, 0.3) is 11.3 Å². The largest absolute Gasteiger partial charge is 0.410 e. The highest BCUT2D eigenvalue weighted by molar-refractivity contribution is 6.74. The molecule has 0 radical (unpaired) electrons. The molecule has 0 aliphatic carbocycles. The van der Waals surface area contributed by atoms with E-state index in [-0.39, 0.29) is 11.1 Å². The Bertz CT molecular complexity index is 1000. The van der Waals surface area contributed by atoms with Crippen molar-refractivity contribution in [2.45, 2.75) is 58.0 Å². The predicted octanol–water partition coefficient (Wildman–Crippen LogP) is 6.25. The molecule has 30 heavy (non-hydrogen) atoms. The maximum absolute atomic E-state index is 11.2. The molecule has 4 nitrogen and oxygen atoms in total. The lowest BCUT2D eigenvalue weighted by Gasteiger charge is -2.38. The second kappa shape index (κ2) is 8.50. The molecule has 2 atom stereocenters. The Balaban J connectivity index is 1.90. The number of aromatic nitrogens is 2. The quantitative estimate of drug-likeness (QED) is 0.478. The normalized spacial score (nSPS) is 14.5. The van der Waals surface area contributed by atoms with Gasteiger partial charge in [0.2, 0.25) is 0 Å². The fraction of sp³-hybridized carbons (Fsp3) is 0.400. The van der Waals surface area contributed by atoms with Gasteiger partial charge in [0.05, 0.1) is 18.1 Å².